The van der Waals surface area contributed by atoms with Gasteiger partial charge in [-0.2, -0.15) is 0 Å². The van der Waals surface area contributed by atoms with Crippen molar-refractivity contribution < 1.29 is 24.2 Å². The largest absolute Gasteiger partial charge is 0.393 e. The van der Waals surface area contributed by atoms with E-state index in [1.54, 1.807) is 0 Å². The SMILES string of the molecule is O=C1CC(COCO)C(=O)O1. The van der Waals surface area contributed by atoms with Gasteiger partial charge in [-0.05, 0) is 0 Å². The number of cyclic esters (lactones) is 2. The van der Waals surface area contributed by atoms with Crippen molar-refractivity contribution in [2.45, 2.75) is 6.42 Å². The minimum Gasteiger partial charge on any atom is -0.393 e. The third-order valence-corrected chi connectivity index (χ3v) is 1.37. The normalized spacial score (nSPS) is 23.9. The van der Waals surface area contributed by atoms with Gasteiger partial charge in [0.15, 0.2) is 0 Å². The molecule has 1 rings (SSSR count). The second-order valence-electron chi connectivity index (χ2n) is 2.19. The first kappa shape index (κ1) is 8.16. The van der Waals surface area contributed by atoms with Crippen LogP contribution in [0.2, 0.25) is 0 Å². The van der Waals surface area contributed by atoms with Crippen LogP contribution < -0.4 is 0 Å². The Kier molecular flexibility index (Phi) is 2.56. The molecule has 0 aromatic heterocycles. The number of rotatable bonds is 3. The first-order valence-electron chi connectivity index (χ1n) is 3.17. The van der Waals surface area contributed by atoms with Crippen LogP contribution in [0.5, 0.6) is 0 Å². The topological polar surface area (TPSA) is 72.8 Å². The lowest BCUT2D eigenvalue weighted by Gasteiger charge is -2.01. The van der Waals surface area contributed by atoms with E-state index in [-0.39, 0.29) is 13.0 Å². The van der Waals surface area contributed by atoms with Crippen molar-refractivity contribution in [3.8, 4) is 0 Å². The van der Waals surface area contributed by atoms with Crippen LogP contribution in [0.3, 0.4) is 0 Å². The summed E-state index contributed by atoms with van der Waals surface area (Å²) in [7, 11) is 0. The summed E-state index contributed by atoms with van der Waals surface area (Å²) in [6, 6.07) is 0. The van der Waals surface area contributed by atoms with Crippen molar-refractivity contribution in [2.24, 2.45) is 5.92 Å². The highest BCUT2D eigenvalue weighted by molar-refractivity contribution is 5.94. The van der Waals surface area contributed by atoms with Crippen molar-refractivity contribution in [3.05, 3.63) is 0 Å². The second-order valence-corrected chi connectivity index (χ2v) is 2.19. The minimum absolute atomic E-state index is 0.0427. The molecule has 1 unspecified atom stereocenters. The molecule has 0 bridgehead atoms. The molecule has 62 valence electrons. The number of carbonyl (C=O) groups excluding carboxylic acids is 2. The Morgan fingerprint density at radius 2 is 2.36 bits per heavy atom. The molecular formula is C6H8O5. The number of hydrogen-bond acceptors (Lipinski definition) is 5. The van der Waals surface area contributed by atoms with E-state index in [0.29, 0.717) is 0 Å². The molecule has 0 amide bonds. The van der Waals surface area contributed by atoms with Gasteiger partial charge in [0.05, 0.1) is 18.9 Å². The van der Waals surface area contributed by atoms with E-state index in [1.807, 2.05) is 0 Å². The van der Waals surface area contributed by atoms with Gasteiger partial charge in [0.1, 0.15) is 6.79 Å². The lowest BCUT2D eigenvalue weighted by molar-refractivity contribution is -0.153. The van der Waals surface area contributed by atoms with Crippen LogP contribution in [0.25, 0.3) is 0 Å². The van der Waals surface area contributed by atoms with Gasteiger partial charge in [-0.15, -0.1) is 0 Å². The molecule has 0 saturated carbocycles. The molecule has 1 aliphatic heterocycles. The van der Waals surface area contributed by atoms with Crippen molar-refractivity contribution in [1.82, 2.24) is 0 Å². The van der Waals surface area contributed by atoms with Crippen LogP contribution in [0.1, 0.15) is 6.42 Å². The Bertz CT molecular complexity index is 176. The van der Waals surface area contributed by atoms with Crippen LogP contribution in [-0.2, 0) is 19.1 Å². The van der Waals surface area contributed by atoms with E-state index in [9.17, 15) is 9.59 Å². The van der Waals surface area contributed by atoms with Crippen LogP contribution in [-0.4, -0.2) is 30.4 Å². The summed E-state index contributed by atoms with van der Waals surface area (Å²) in [6.45, 7) is -0.404. The molecule has 0 radical (unpaired) electrons. The summed E-state index contributed by atoms with van der Waals surface area (Å²) in [5, 5.41) is 8.22. The minimum atomic E-state index is -0.566. The molecule has 11 heavy (non-hydrogen) atoms. The smallest absolute Gasteiger partial charge is 0.319 e. The maximum atomic E-state index is 10.7. The molecule has 0 spiro atoms. The summed E-state index contributed by atoms with van der Waals surface area (Å²) >= 11 is 0. The monoisotopic (exact) mass is 160 g/mol. The highest BCUT2D eigenvalue weighted by Crippen LogP contribution is 2.15. The second kappa shape index (κ2) is 3.45. The van der Waals surface area contributed by atoms with Gasteiger partial charge >= 0.3 is 11.9 Å². The number of ether oxygens (including phenoxy) is 2. The molecule has 1 aliphatic rings. The molecule has 5 nitrogen and oxygen atoms in total. The van der Waals surface area contributed by atoms with Crippen LogP contribution in [0.15, 0.2) is 0 Å². The lowest BCUT2D eigenvalue weighted by Crippen LogP contribution is -2.14. The van der Waals surface area contributed by atoms with Crippen molar-refractivity contribution in [2.75, 3.05) is 13.4 Å². The highest BCUT2D eigenvalue weighted by atomic mass is 16.6. The number of aliphatic hydroxyl groups is 1. The first-order valence-corrected chi connectivity index (χ1v) is 3.17. The van der Waals surface area contributed by atoms with Crippen LogP contribution in [0, 0.1) is 5.92 Å². The number of aliphatic hydroxyl groups excluding tert-OH is 1. The van der Waals surface area contributed by atoms with E-state index in [2.05, 4.69) is 9.47 Å². The van der Waals surface area contributed by atoms with E-state index in [1.165, 1.54) is 0 Å². The zero-order chi connectivity index (χ0) is 8.27. The fraction of sp³-hybridized carbons (Fsp3) is 0.667. The van der Waals surface area contributed by atoms with Gasteiger partial charge in [-0.25, -0.2) is 0 Å². The van der Waals surface area contributed by atoms with Gasteiger partial charge < -0.3 is 14.6 Å². The molecular weight excluding hydrogens is 152 g/mol. The maximum Gasteiger partial charge on any atom is 0.319 e. The number of esters is 2. The molecule has 0 aromatic rings. The van der Waals surface area contributed by atoms with E-state index in [0.717, 1.165) is 0 Å². The Labute approximate surface area is 62.9 Å². The van der Waals surface area contributed by atoms with Gasteiger partial charge in [0.25, 0.3) is 0 Å². The quantitative estimate of drug-likeness (QED) is 0.327. The Morgan fingerprint density at radius 3 is 2.82 bits per heavy atom. The highest BCUT2D eigenvalue weighted by Gasteiger charge is 2.33. The van der Waals surface area contributed by atoms with E-state index >= 15 is 0 Å². The van der Waals surface area contributed by atoms with E-state index < -0.39 is 24.6 Å². The van der Waals surface area contributed by atoms with Gasteiger partial charge in [0.2, 0.25) is 0 Å². The van der Waals surface area contributed by atoms with Crippen molar-refractivity contribution in [1.29, 1.82) is 0 Å². The van der Waals surface area contributed by atoms with E-state index in [4.69, 9.17) is 5.11 Å². The third-order valence-electron chi connectivity index (χ3n) is 1.37. The van der Waals surface area contributed by atoms with Gasteiger partial charge in [-0.1, -0.05) is 0 Å². The van der Waals surface area contributed by atoms with Crippen LogP contribution in [0.4, 0.5) is 0 Å². The molecule has 0 aromatic carbocycles. The molecule has 1 atom stereocenters. The fourth-order valence-corrected chi connectivity index (χ4v) is 0.844. The average Bonchev–Trinajstić information content (AvgIpc) is 2.26. The zero-order valence-electron chi connectivity index (χ0n) is 5.78. The molecule has 5 heteroatoms. The number of carbonyl (C=O) groups is 2. The summed E-state index contributed by atoms with van der Waals surface area (Å²) in [5.41, 5.74) is 0. The third kappa shape index (κ3) is 1.99. The summed E-state index contributed by atoms with van der Waals surface area (Å²) < 4.78 is 8.77. The first-order chi connectivity index (χ1) is 5.24. The lowest BCUT2D eigenvalue weighted by atomic mass is 10.1. The zero-order valence-corrected chi connectivity index (χ0v) is 5.78. The predicted molar refractivity (Wildman–Crippen MR) is 32.2 cm³/mol. The Balaban J connectivity index is 2.34. The fourth-order valence-electron chi connectivity index (χ4n) is 0.844. The Hall–Kier alpha value is -0.940. The molecule has 1 N–H and O–H groups in total. The maximum absolute atomic E-state index is 10.7. The molecule has 1 saturated heterocycles. The molecule has 1 fully saturated rings. The molecule has 1 heterocycles. The van der Waals surface area contributed by atoms with Gasteiger partial charge in [-0.3, -0.25) is 9.59 Å². The average molecular weight is 160 g/mol. The summed E-state index contributed by atoms with van der Waals surface area (Å²) in [4.78, 5) is 21.2. The van der Waals surface area contributed by atoms with Gasteiger partial charge in [0, 0.05) is 0 Å². The number of hydrogen-bond donors (Lipinski definition) is 1. The van der Waals surface area contributed by atoms with Crippen LogP contribution >= 0.6 is 0 Å². The van der Waals surface area contributed by atoms with Crippen molar-refractivity contribution in [3.63, 3.8) is 0 Å². The molecule has 0 aliphatic carbocycles. The predicted octanol–water partition coefficient (Wildman–Crippen LogP) is -0.958. The van der Waals surface area contributed by atoms with Crippen molar-refractivity contribution >= 4 is 11.9 Å². The standard InChI is InChI=1S/C6H8O5/c7-3-10-2-4-1-5(8)11-6(4)9/h4,7H,1-3H2. The Morgan fingerprint density at radius 1 is 1.64 bits per heavy atom. The summed E-state index contributed by atoms with van der Waals surface area (Å²) in [6.07, 6.45) is 0.0544. The summed E-state index contributed by atoms with van der Waals surface area (Å²) in [5.74, 6) is -1.63.